The van der Waals surface area contributed by atoms with E-state index < -0.39 is 0 Å². The molecule has 2 rings (SSSR count). The number of hydrogen-bond donors (Lipinski definition) is 1. The summed E-state index contributed by atoms with van der Waals surface area (Å²) >= 11 is 24.4. The van der Waals surface area contributed by atoms with Crippen LogP contribution in [0.25, 0.3) is 11.1 Å². The van der Waals surface area contributed by atoms with Gasteiger partial charge >= 0.3 is 0 Å². The number of nitrogen functional groups attached to an aromatic ring is 1. The van der Waals surface area contributed by atoms with Crippen molar-refractivity contribution < 1.29 is 0 Å². The summed E-state index contributed by atoms with van der Waals surface area (Å²) in [5, 5.41) is 1.47. The largest absolute Gasteiger partial charge is 0.399 e. The van der Waals surface area contributed by atoms with Crippen LogP contribution in [0.5, 0.6) is 0 Å². The second-order valence-corrected chi connectivity index (χ2v) is 5.55. The van der Waals surface area contributed by atoms with E-state index >= 15 is 0 Å². The van der Waals surface area contributed by atoms with E-state index in [1.165, 1.54) is 6.07 Å². The molecule has 2 N–H and O–H groups in total. The molecule has 0 saturated heterocycles. The van der Waals surface area contributed by atoms with Crippen molar-refractivity contribution in [1.29, 1.82) is 0 Å². The third-order valence-corrected chi connectivity index (χ3v) is 4.07. The summed E-state index contributed by atoms with van der Waals surface area (Å²) in [5.74, 6) is 0. The average Bonchev–Trinajstić information content (AvgIpc) is 2.25. The molecule has 0 atom stereocenters. The van der Waals surface area contributed by atoms with Gasteiger partial charge in [0.2, 0.25) is 0 Å². The highest BCUT2D eigenvalue weighted by molar-refractivity contribution is 6.50. The van der Waals surface area contributed by atoms with Crippen molar-refractivity contribution in [2.24, 2.45) is 0 Å². The molecule has 0 spiro atoms. The Morgan fingerprint density at radius 3 is 1.89 bits per heavy atom. The van der Waals surface area contributed by atoms with Crippen molar-refractivity contribution in [3.63, 3.8) is 0 Å². The second kappa shape index (κ2) is 5.18. The maximum absolute atomic E-state index is 6.19. The minimum absolute atomic E-state index is 0.362. The molecule has 0 bridgehead atoms. The Labute approximate surface area is 125 Å². The number of benzene rings is 2. The van der Waals surface area contributed by atoms with Crippen LogP contribution in [-0.4, -0.2) is 0 Å². The van der Waals surface area contributed by atoms with E-state index in [9.17, 15) is 0 Å². The molecule has 94 valence electrons. The summed E-state index contributed by atoms with van der Waals surface area (Å²) in [6, 6.07) is 7.09. The molecule has 0 radical (unpaired) electrons. The zero-order valence-corrected chi connectivity index (χ0v) is 12.4. The first-order valence-corrected chi connectivity index (χ1v) is 6.62. The fourth-order valence-corrected chi connectivity index (χ4v) is 2.81. The maximum atomic E-state index is 6.19. The standard InChI is InChI=1S/C13H9Cl4N/c1-6-2-7(4-8(18)3-6)11-12(16)9(14)5-10(15)13(11)17/h2-5H,18H2,1H3. The number of aryl methyl sites for hydroxylation is 1. The summed E-state index contributed by atoms with van der Waals surface area (Å²) in [6.45, 7) is 1.94. The molecule has 0 aromatic heterocycles. The highest BCUT2D eigenvalue weighted by atomic mass is 35.5. The average molecular weight is 321 g/mol. The van der Waals surface area contributed by atoms with Gasteiger partial charge in [0.15, 0.2) is 0 Å². The Morgan fingerprint density at radius 2 is 1.39 bits per heavy atom. The van der Waals surface area contributed by atoms with Gasteiger partial charge in [-0.2, -0.15) is 0 Å². The lowest BCUT2D eigenvalue weighted by molar-refractivity contribution is 1.47. The highest BCUT2D eigenvalue weighted by Crippen LogP contribution is 2.43. The van der Waals surface area contributed by atoms with Gasteiger partial charge in [-0.05, 0) is 36.2 Å². The Bertz CT molecular complexity index is 576. The Kier molecular flexibility index (Phi) is 3.98. The van der Waals surface area contributed by atoms with Crippen LogP contribution in [0, 0.1) is 6.92 Å². The van der Waals surface area contributed by atoms with Crippen molar-refractivity contribution in [2.45, 2.75) is 6.92 Å². The van der Waals surface area contributed by atoms with Crippen LogP contribution in [0.3, 0.4) is 0 Å². The molecule has 0 amide bonds. The first-order chi connectivity index (χ1) is 8.40. The van der Waals surface area contributed by atoms with Gasteiger partial charge in [0.1, 0.15) is 0 Å². The number of halogens is 4. The number of nitrogens with two attached hydrogens (primary N) is 1. The van der Waals surface area contributed by atoms with Crippen LogP contribution in [0.1, 0.15) is 5.56 Å². The highest BCUT2D eigenvalue weighted by Gasteiger charge is 2.16. The van der Waals surface area contributed by atoms with Gasteiger partial charge < -0.3 is 5.73 Å². The van der Waals surface area contributed by atoms with Gasteiger partial charge in [-0.25, -0.2) is 0 Å². The molecule has 0 aliphatic carbocycles. The quantitative estimate of drug-likeness (QED) is 0.517. The van der Waals surface area contributed by atoms with Gasteiger partial charge in [-0.1, -0.05) is 52.5 Å². The van der Waals surface area contributed by atoms with E-state index in [0.29, 0.717) is 31.3 Å². The van der Waals surface area contributed by atoms with Gasteiger partial charge in [-0.15, -0.1) is 0 Å². The van der Waals surface area contributed by atoms with E-state index in [0.717, 1.165) is 11.1 Å². The van der Waals surface area contributed by atoms with E-state index in [-0.39, 0.29) is 0 Å². The molecule has 0 aliphatic heterocycles. The smallest absolute Gasteiger partial charge is 0.0686 e. The molecule has 0 heterocycles. The van der Waals surface area contributed by atoms with Gasteiger partial charge in [0, 0.05) is 11.3 Å². The lowest BCUT2D eigenvalue weighted by Crippen LogP contribution is -1.90. The Morgan fingerprint density at radius 1 is 0.833 bits per heavy atom. The predicted molar refractivity (Wildman–Crippen MR) is 81.1 cm³/mol. The lowest BCUT2D eigenvalue weighted by atomic mass is 10.0. The SMILES string of the molecule is Cc1cc(N)cc(-c2c(Cl)c(Cl)cc(Cl)c2Cl)c1. The van der Waals surface area contributed by atoms with E-state index in [2.05, 4.69) is 0 Å². The molecule has 5 heteroatoms. The molecule has 1 nitrogen and oxygen atoms in total. The topological polar surface area (TPSA) is 26.0 Å². The first kappa shape index (κ1) is 13.8. The monoisotopic (exact) mass is 319 g/mol. The summed E-state index contributed by atoms with van der Waals surface area (Å²) in [4.78, 5) is 0. The van der Waals surface area contributed by atoms with Crippen molar-refractivity contribution in [2.75, 3.05) is 5.73 Å². The van der Waals surface area contributed by atoms with Crippen molar-refractivity contribution in [3.8, 4) is 11.1 Å². The fourth-order valence-electron chi connectivity index (χ4n) is 1.78. The Hall–Kier alpha value is -0.600. The predicted octanol–water partition coefficient (Wildman–Crippen LogP) is 5.86. The van der Waals surface area contributed by atoms with Crippen LogP contribution in [0.4, 0.5) is 5.69 Å². The maximum Gasteiger partial charge on any atom is 0.0686 e. The zero-order valence-electron chi connectivity index (χ0n) is 9.40. The molecule has 0 saturated carbocycles. The molecule has 2 aromatic carbocycles. The van der Waals surface area contributed by atoms with Gasteiger partial charge in [0.05, 0.1) is 20.1 Å². The van der Waals surface area contributed by atoms with Crippen molar-refractivity contribution >= 4 is 52.1 Å². The summed E-state index contributed by atoms with van der Waals surface area (Å²) in [5.41, 5.74) is 8.86. The van der Waals surface area contributed by atoms with E-state index in [1.54, 1.807) is 6.07 Å². The summed E-state index contributed by atoms with van der Waals surface area (Å²) in [6.07, 6.45) is 0. The molecule has 0 fully saturated rings. The number of rotatable bonds is 1. The van der Waals surface area contributed by atoms with Gasteiger partial charge in [-0.3, -0.25) is 0 Å². The molecule has 0 unspecified atom stereocenters. The third-order valence-electron chi connectivity index (χ3n) is 2.50. The normalized spacial score (nSPS) is 10.7. The first-order valence-electron chi connectivity index (χ1n) is 5.10. The van der Waals surface area contributed by atoms with Gasteiger partial charge in [0.25, 0.3) is 0 Å². The van der Waals surface area contributed by atoms with Crippen LogP contribution in [-0.2, 0) is 0 Å². The zero-order chi connectivity index (χ0) is 13.4. The Balaban J connectivity index is 2.78. The van der Waals surface area contributed by atoms with Crippen LogP contribution in [0.2, 0.25) is 20.1 Å². The molecule has 2 aromatic rings. The summed E-state index contributed by atoms with van der Waals surface area (Å²) < 4.78 is 0. The minimum atomic E-state index is 0.362. The second-order valence-electron chi connectivity index (χ2n) is 3.98. The van der Waals surface area contributed by atoms with E-state index in [1.807, 2.05) is 19.1 Å². The fraction of sp³-hybridized carbons (Fsp3) is 0.0769. The summed E-state index contributed by atoms with van der Waals surface area (Å²) in [7, 11) is 0. The number of anilines is 1. The minimum Gasteiger partial charge on any atom is -0.399 e. The lowest BCUT2D eigenvalue weighted by Gasteiger charge is -2.12. The molecule has 18 heavy (non-hydrogen) atoms. The molecular formula is C13H9Cl4N. The van der Waals surface area contributed by atoms with Crippen molar-refractivity contribution in [3.05, 3.63) is 49.9 Å². The van der Waals surface area contributed by atoms with Crippen LogP contribution < -0.4 is 5.73 Å². The third kappa shape index (κ3) is 2.55. The van der Waals surface area contributed by atoms with Crippen LogP contribution >= 0.6 is 46.4 Å². The molecular weight excluding hydrogens is 312 g/mol. The molecule has 0 aliphatic rings. The van der Waals surface area contributed by atoms with Crippen LogP contribution in [0.15, 0.2) is 24.3 Å². The van der Waals surface area contributed by atoms with Crippen molar-refractivity contribution in [1.82, 2.24) is 0 Å². The van der Waals surface area contributed by atoms with E-state index in [4.69, 9.17) is 52.1 Å². The number of hydrogen-bond acceptors (Lipinski definition) is 1.